The van der Waals surface area contributed by atoms with Crippen LogP contribution in [0.25, 0.3) is 0 Å². The summed E-state index contributed by atoms with van der Waals surface area (Å²) in [6.45, 7) is 5.68. The number of nitrogens with one attached hydrogen (secondary N) is 1. The van der Waals surface area contributed by atoms with Crippen molar-refractivity contribution >= 4 is 5.69 Å². The fraction of sp³-hybridized carbons (Fsp3) is 0.538. The summed E-state index contributed by atoms with van der Waals surface area (Å²) < 4.78 is 0. The molecule has 1 aromatic carbocycles. The summed E-state index contributed by atoms with van der Waals surface area (Å²) in [5.41, 5.74) is 2.96. The van der Waals surface area contributed by atoms with E-state index in [4.69, 9.17) is 0 Å². The second kappa shape index (κ2) is 4.67. The van der Waals surface area contributed by atoms with Gasteiger partial charge in [0.2, 0.25) is 0 Å². The van der Waals surface area contributed by atoms with Crippen LogP contribution in [0, 0.1) is 0 Å². The monoisotopic (exact) mass is 204 g/mol. The van der Waals surface area contributed by atoms with Crippen molar-refractivity contribution in [2.75, 3.05) is 31.6 Å². The molecule has 1 unspecified atom stereocenters. The number of hydrogen-bond donors (Lipinski definition) is 1. The molecule has 0 saturated carbocycles. The fourth-order valence-corrected chi connectivity index (χ4v) is 2.49. The van der Waals surface area contributed by atoms with Gasteiger partial charge in [-0.3, -0.25) is 0 Å². The van der Waals surface area contributed by atoms with Crippen molar-refractivity contribution in [1.29, 1.82) is 0 Å². The lowest BCUT2D eigenvalue weighted by Crippen LogP contribution is -2.26. The zero-order valence-electron chi connectivity index (χ0n) is 9.66. The van der Waals surface area contributed by atoms with E-state index in [1.165, 1.54) is 30.8 Å². The first-order chi connectivity index (χ1) is 7.36. The normalized spacial score (nSPS) is 19.3. The standard InChI is InChI=1S/C13H20N2/c1-3-8-15-10-11(9-14-2)12-6-4-5-7-13(12)15/h4-7,11,14H,3,8-10H2,1-2H3. The van der Waals surface area contributed by atoms with Gasteiger partial charge in [0, 0.05) is 31.2 Å². The number of nitrogens with zero attached hydrogens (tertiary/aromatic N) is 1. The Morgan fingerprint density at radius 3 is 2.93 bits per heavy atom. The van der Waals surface area contributed by atoms with E-state index in [1.54, 1.807) is 0 Å². The minimum atomic E-state index is 0.665. The first-order valence-electron chi connectivity index (χ1n) is 5.85. The average molecular weight is 204 g/mol. The Morgan fingerprint density at radius 2 is 2.20 bits per heavy atom. The summed E-state index contributed by atoms with van der Waals surface area (Å²) in [5, 5.41) is 3.29. The van der Waals surface area contributed by atoms with E-state index in [-0.39, 0.29) is 0 Å². The van der Waals surface area contributed by atoms with Crippen LogP contribution in [0.15, 0.2) is 24.3 Å². The van der Waals surface area contributed by atoms with E-state index in [0.29, 0.717) is 5.92 Å². The summed E-state index contributed by atoms with van der Waals surface area (Å²) in [4.78, 5) is 2.51. The molecule has 0 radical (unpaired) electrons. The van der Waals surface area contributed by atoms with E-state index in [2.05, 4.69) is 41.4 Å². The van der Waals surface area contributed by atoms with Gasteiger partial charge >= 0.3 is 0 Å². The van der Waals surface area contributed by atoms with E-state index < -0.39 is 0 Å². The highest BCUT2D eigenvalue weighted by Gasteiger charge is 2.26. The quantitative estimate of drug-likeness (QED) is 0.809. The average Bonchev–Trinajstić information content (AvgIpc) is 2.59. The SMILES string of the molecule is CCCN1CC(CNC)c2ccccc21. The number of hydrogen-bond acceptors (Lipinski definition) is 2. The molecular formula is C13H20N2. The van der Waals surface area contributed by atoms with Gasteiger partial charge in [0.15, 0.2) is 0 Å². The van der Waals surface area contributed by atoms with Gasteiger partial charge in [0.1, 0.15) is 0 Å². The molecule has 2 rings (SSSR count). The molecule has 1 aliphatic heterocycles. The van der Waals surface area contributed by atoms with Crippen LogP contribution in [0.1, 0.15) is 24.8 Å². The number of benzene rings is 1. The molecule has 0 bridgehead atoms. The van der Waals surface area contributed by atoms with Crippen molar-refractivity contribution in [3.05, 3.63) is 29.8 Å². The molecule has 0 saturated heterocycles. The zero-order valence-corrected chi connectivity index (χ0v) is 9.66. The van der Waals surface area contributed by atoms with Crippen LogP contribution in [0.2, 0.25) is 0 Å². The van der Waals surface area contributed by atoms with Crippen molar-refractivity contribution in [1.82, 2.24) is 5.32 Å². The van der Waals surface area contributed by atoms with E-state index >= 15 is 0 Å². The second-order valence-corrected chi connectivity index (χ2v) is 4.26. The molecule has 2 nitrogen and oxygen atoms in total. The van der Waals surface area contributed by atoms with Crippen LogP contribution in [-0.4, -0.2) is 26.7 Å². The van der Waals surface area contributed by atoms with Crippen molar-refractivity contribution in [3.63, 3.8) is 0 Å². The summed E-state index contributed by atoms with van der Waals surface area (Å²) >= 11 is 0. The molecule has 1 aromatic rings. The molecule has 0 aliphatic carbocycles. The maximum atomic E-state index is 3.29. The lowest BCUT2D eigenvalue weighted by atomic mass is 10.0. The van der Waals surface area contributed by atoms with E-state index in [9.17, 15) is 0 Å². The van der Waals surface area contributed by atoms with Gasteiger partial charge in [-0.15, -0.1) is 0 Å². The van der Waals surface area contributed by atoms with Gasteiger partial charge in [0.25, 0.3) is 0 Å². The van der Waals surface area contributed by atoms with Crippen molar-refractivity contribution < 1.29 is 0 Å². The number of para-hydroxylation sites is 1. The molecule has 1 N–H and O–H groups in total. The molecular weight excluding hydrogens is 184 g/mol. The Balaban J connectivity index is 2.22. The van der Waals surface area contributed by atoms with Crippen molar-refractivity contribution in [2.24, 2.45) is 0 Å². The Morgan fingerprint density at radius 1 is 1.40 bits per heavy atom. The summed E-state index contributed by atoms with van der Waals surface area (Å²) in [6.07, 6.45) is 1.22. The van der Waals surface area contributed by atoms with Crippen LogP contribution in [0.4, 0.5) is 5.69 Å². The lowest BCUT2D eigenvalue weighted by Gasteiger charge is -2.18. The number of anilines is 1. The predicted molar refractivity (Wildman–Crippen MR) is 65.6 cm³/mol. The second-order valence-electron chi connectivity index (χ2n) is 4.26. The first-order valence-corrected chi connectivity index (χ1v) is 5.85. The van der Waals surface area contributed by atoms with Gasteiger partial charge < -0.3 is 10.2 Å². The minimum Gasteiger partial charge on any atom is -0.371 e. The first kappa shape index (κ1) is 10.5. The fourth-order valence-electron chi connectivity index (χ4n) is 2.49. The third kappa shape index (κ3) is 2.00. The Kier molecular flexibility index (Phi) is 3.27. The predicted octanol–water partition coefficient (Wildman–Crippen LogP) is 2.22. The summed E-state index contributed by atoms with van der Waals surface area (Å²) in [6, 6.07) is 8.81. The highest BCUT2D eigenvalue weighted by molar-refractivity contribution is 5.60. The molecule has 0 spiro atoms. The Bertz CT molecular complexity index is 291. The van der Waals surface area contributed by atoms with Crippen LogP contribution in [0.5, 0.6) is 0 Å². The lowest BCUT2D eigenvalue weighted by molar-refractivity contribution is 0.636. The third-order valence-electron chi connectivity index (χ3n) is 3.10. The Hall–Kier alpha value is -1.02. The van der Waals surface area contributed by atoms with Crippen LogP contribution >= 0.6 is 0 Å². The maximum absolute atomic E-state index is 3.29. The summed E-state index contributed by atoms with van der Waals surface area (Å²) in [5.74, 6) is 0.665. The van der Waals surface area contributed by atoms with Gasteiger partial charge in [-0.25, -0.2) is 0 Å². The Labute approximate surface area is 92.3 Å². The van der Waals surface area contributed by atoms with Crippen LogP contribution in [-0.2, 0) is 0 Å². The van der Waals surface area contributed by atoms with Gasteiger partial charge in [0.05, 0.1) is 0 Å². The molecule has 1 aliphatic rings. The number of likely N-dealkylation sites (N-methyl/N-ethyl adjacent to an activating group) is 1. The van der Waals surface area contributed by atoms with Crippen LogP contribution in [0.3, 0.4) is 0 Å². The van der Waals surface area contributed by atoms with E-state index in [1.807, 2.05) is 7.05 Å². The highest BCUT2D eigenvalue weighted by Crippen LogP contribution is 2.35. The number of rotatable bonds is 4. The van der Waals surface area contributed by atoms with Gasteiger partial charge in [-0.1, -0.05) is 25.1 Å². The zero-order chi connectivity index (χ0) is 10.7. The van der Waals surface area contributed by atoms with Crippen molar-refractivity contribution in [3.8, 4) is 0 Å². The smallest absolute Gasteiger partial charge is 0.0402 e. The molecule has 0 fully saturated rings. The van der Waals surface area contributed by atoms with E-state index in [0.717, 1.165) is 6.54 Å². The van der Waals surface area contributed by atoms with Gasteiger partial charge in [-0.05, 0) is 25.1 Å². The molecule has 82 valence electrons. The highest BCUT2D eigenvalue weighted by atomic mass is 15.2. The molecule has 2 heteroatoms. The molecule has 0 amide bonds. The number of fused-ring (bicyclic) bond motifs is 1. The minimum absolute atomic E-state index is 0.665. The summed E-state index contributed by atoms with van der Waals surface area (Å²) in [7, 11) is 2.03. The maximum Gasteiger partial charge on any atom is 0.0402 e. The molecule has 1 atom stereocenters. The molecule has 1 heterocycles. The van der Waals surface area contributed by atoms with Gasteiger partial charge in [-0.2, -0.15) is 0 Å². The largest absolute Gasteiger partial charge is 0.371 e. The van der Waals surface area contributed by atoms with Crippen LogP contribution < -0.4 is 10.2 Å². The molecule has 0 aromatic heterocycles. The third-order valence-corrected chi connectivity index (χ3v) is 3.10. The topological polar surface area (TPSA) is 15.3 Å². The molecule has 15 heavy (non-hydrogen) atoms. The van der Waals surface area contributed by atoms with Crippen molar-refractivity contribution in [2.45, 2.75) is 19.3 Å².